The Morgan fingerprint density at radius 3 is 2.71 bits per heavy atom. The Bertz CT molecular complexity index is 372. The average molecular weight is 192 g/mol. The molecule has 14 heavy (non-hydrogen) atoms. The van der Waals surface area contributed by atoms with Gasteiger partial charge in [-0.2, -0.15) is 0 Å². The van der Waals surface area contributed by atoms with E-state index in [1.807, 2.05) is 0 Å². The van der Waals surface area contributed by atoms with Crippen LogP contribution in [-0.4, -0.2) is 12.0 Å². The number of benzene rings is 1. The lowest BCUT2D eigenvalue weighted by molar-refractivity contribution is 0.0996. The van der Waals surface area contributed by atoms with E-state index in [0.29, 0.717) is 17.0 Å². The van der Waals surface area contributed by atoms with Crippen LogP contribution in [0.2, 0.25) is 0 Å². The second kappa shape index (κ2) is 3.21. The second-order valence-electron chi connectivity index (χ2n) is 3.44. The van der Waals surface area contributed by atoms with Gasteiger partial charge in [-0.05, 0) is 25.0 Å². The Morgan fingerprint density at radius 2 is 2.14 bits per heavy atom. The number of rotatable bonds is 3. The van der Waals surface area contributed by atoms with Gasteiger partial charge in [0.25, 0.3) is 5.91 Å². The van der Waals surface area contributed by atoms with Crippen molar-refractivity contribution < 1.29 is 9.53 Å². The van der Waals surface area contributed by atoms with Crippen LogP contribution in [0, 0.1) is 0 Å². The number of hydrogen-bond donors (Lipinski definition) is 2. The van der Waals surface area contributed by atoms with Crippen LogP contribution in [0.15, 0.2) is 18.2 Å². The number of carbonyl (C=O) groups is 1. The van der Waals surface area contributed by atoms with E-state index in [4.69, 9.17) is 16.2 Å². The molecule has 0 spiro atoms. The third-order valence-corrected chi connectivity index (χ3v) is 2.09. The fourth-order valence-electron chi connectivity index (χ4n) is 1.21. The molecule has 1 aliphatic rings. The van der Waals surface area contributed by atoms with Crippen LogP contribution in [0.5, 0.6) is 5.75 Å². The highest BCUT2D eigenvalue weighted by Gasteiger charge is 2.25. The van der Waals surface area contributed by atoms with E-state index in [2.05, 4.69) is 0 Å². The summed E-state index contributed by atoms with van der Waals surface area (Å²) in [6, 6.07) is 4.87. The third kappa shape index (κ3) is 1.79. The van der Waals surface area contributed by atoms with Gasteiger partial charge in [0.15, 0.2) is 0 Å². The molecular weight excluding hydrogens is 180 g/mol. The summed E-state index contributed by atoms with van der Waals surface area (Å²) < 4.78 is 5.52. The van der Waals surface area contributed by atoms with Gasteiger partial charge >= 0.3 is 0 Å². The van der Waals surface area contributed by atoms with Gasteiger partial charge in [-0.1, -0.05) is 0 Å². The van der Waals surface area contributed by atoms with E-state index in [9.17, 15) is 4.79 Å². The number of hydrogen-bond acceptors (Lipinski definition) is 3. The van der Waals surface area contributed by atoms with E-state index in [1.54, 1.807) is 18.2 Å². The van der Waals surface area contributed by atoms with Gasteiger partial charge < -0.3 is 16.2 Å². The molecule has 1 aliphatic carbocycles. The highest BCUT2D eigenvalue weighted by Crippen LogP contribution is 2.30. The summed E-state index contributed by atoms with van der Waals surface area (Å²) >= 11 is 0. The highest BCUT2D eigenvalue weighted by atomic mass is 16.5. The summed E-state index contributed by atoms with van der Waals surface area (Å²) in [6.07, 6.45) is 2.30. The molecule has 0 radical (unpaired) electrons. The molecule has 74 valence electrons. The Kier molecular flexibility index (Phi) is 2.04. The van der Waals surface area contributed by atoms with Crippen LogP contribution in [0.25, 0.3) is 0 Å². The molecule has 2 rings (SSSR count). The van der Waals surface area contributed by atoms with Crippen LogP contribution in [-0.2, 0) is 0 Å². The number of primary amides is 1. The van der Waals surface area contributed by atoms with Gasteiger partial charge in [-0.25, -0.2) is 0 Å². The quantitative estimate of drug-likeness (QED) is 0.698. The van der Waals surface area contributed by atoms with Gasteiger partial charge in [-0.15, -0.1) is 0 Å². The smallest absolute Gasteiger partial charge is 0.252 e. The van der Waals surface area contributed by atoms with Gasteiger partial charge in [0, 0.05) is 11.8 Å². The number of amides is 1. The summed E-state index contributed by atoms with van der Waals surface area (Å²) in [5, 5.41) is 0. The van der Waals surface area contributed by atoms with E-state index in [0.717, 1.165) is 12.8 Å². The highest BCUT2D eigenvalue weighted by molar-refractivity contribution is 5.96. The van der Waals surface area contributed by atoms with E-state index in [1.165, 1.54) is 0 Å². The van der Waals surface area contributed by atoms with Gasteiger partial charge in [0.1, 0.15) is 5.75 Å². The van der Waals surface area contributed by atoms with Crippen LogP contribution in [0.1, 0.15) is 23.2 Å². The molecule has 1 amide bonds. The third-order valence-electron chi connectivity index (χ3n) is 2.09. The molecule has 0 heterocycles. The first-order chi connectivity index (χ1) is 6.66. The summed E-state index contributed by atoms with van der Waals surface area (Å²) in [7, 11) is 0. The molecule has 4 N–H and O–H groups in total. The number of nitrogen functional groups attached to an aromatic ring is 1. The first kappa shape index (κ1) is 8.87. The normalized spacial score (nSPS) is 15.1. The lowest BCUT2D eigenvalue weighted by Gasteiger charge is -2.08. The van der Waals surface area contributed by atoms with Crippen molar-refractivity contribution in [1.82, 2.24) is 0 Å². The standard InChI is InChI=1S/C10H12N2O2/c11-6-1-4-8(10(12)13)9(5-6)14-7-2-3-7/h1,4-5,7H,2-3,11H2,(H2,12,13). The zero-order valence-electron chi connectivity index (χ0n) is 7.69. The molecule has 1 aromatic carbocycles. The van der Waals surface area contributed by atoms with E-state index >= 15 is 0 Å². The maximum atomic E-state index is 11.0. The minimum absolute atomic E-state index is 0.231. The predicted molar refractivity (Wildman–Crippen MR) is 53.0 cm³/mol. The molecule has 0 saturated heterocycles. The predicted octanol–water partition coefficient (Wildman–Crippen LogP) is 0.909. The SMILES string of the molecule is NC(=O)c1ccc(N)cc1OC1CC1. The van der Waals surface area contributed by atoms with Crippen LogP contribution < -0.4 is 16.2 Å². The molecule has 0 bridgehead atoms. The molecule has 0 unspecified atom stereocenters. The maximum absolute atomic E-state index is 11.0. The van der Waals surface area contributed by atoms with Crippen molar-refractivity contribution in [2.24, 2.45) is 5.73 Å². The van der Waals surface area contributed by atoms with Crippen molar-refractivity contribution in [2.75, 3.05) is 5.73 Å². The molecule has 1 aromatic rings. The Balaban J connectivity index is 2.31. The molecule has 1 fully saturated rings. The van der Waals surface area contributed by atoms with E-state index < -0.39 is 5.91 Å². The average Bonchev–Trinajstić information content (AvgIpc) is 2.87. The maximum Gasteiger partial charge on any atom is 0.252 e. The molecule has 0 aliphatic heterocycles. The number of ether oxygens (including phenoxy) is 1. The number of carbonyl (C=O) groups excluding carboxylic acids is 1. The molecule has 0 atom stereocenters. The fraction of sp³-hybridized carbons (Fsp3) is 0.300. The summed E-state index contributed by atoms with van der Waals surface area (Å²) in [4.78, 5) is 11.0. The molecule has 0 aromatic heterocycles. The zero-order valence-corrected chi connectivity index (χ0v) is 7.69. The minimum atomic E-state index is -0.486. The largest absolute Gasteiger partial charge is 0.490 e. The molecule has 1 saturated carbocycles. The van der Waals surface area contributed by atoms with Crippen LogP contribution >= 0.6 is 0 Å². The van der Waals surface area contributed by atoms with Crippen molar-refractivity contribution in [3.8, 4) is 5.75 Å². The lowest BCUT2D eigenvalue weighted by Crippen LogP contribution is -2.13. The number of anilines is 1. The zero-order chi connectivity index (χ0) is 10.1. The summed E-state index contributed by atoms with van der Waals surface area (Å²) in [5.41, 5.74) is 11.8. The van der Waals surface area contributed by atoms with Crippen molar-refractivity contribution in [3.05, 3.63) is 23.8 Å². The molecular formula is C10H12N2O2. The Morgan fingerprint density at radius 1 is 1.43 bits per heavy atom. The van der Waals surface area contributed by atoms with Gasteiger partial charge in [-0.3, -0.25) is 4.79 Å². The Labute approximate surface area is 81.8 Å². The Hall–Kier alpha value is -1.71. The topological polar surface area (TPSA) is 78.3 Å². The van der Waals surface area contributed by atoms with Crippen LogP contribution in [0.4, 0.5) is 5.69 Å². The first-order valence-electron chi connectivity index (χ1n) is 4.53. The lowest BCUT2D eigenvalue weighted by atomic mass is 10.1. The molecule has 4 nitrogen and oxygen atoms in total. The van der Waals surface area contributed by atoms with Crippen molar-refractivity contribution in [2.45, 2.75) is 18.9 Å². The number of nitrogens with two attached hydrogens (primary N) is 2. The fourth-order valence-corrected chi connectivity index (χ4v) is 1.21. The molecule has 4 heteroatoms. The van der Waals surface area contributed by atoms with Gasteiger partial charge in [0.2, 0.25) is 0 Å². The van der Waals surface area contributed by atoms with Gasteiger partial charge in [0.05, 0.1) is 11.7 Å². The summed E-state index contributed by atoms with van der Waals surface area (Å²) in [6.45, 7) is 0. The van der Waals surface area contributed by atoms with Crippen molar-refractivity contribution in [1.29, 1.82) is 0 Å². The van der Waals surface area contributed by atoms with Crippen molar-refractivity contribution in [3.63, 3.8) is 0 Å². The minimum Gasteiger partial charge on any atom is -0.490 e. The van der Waals surface area contributed by atoms with Crippen molar-refractivity contribution >= 4 is 11.6 Å². The second-order valence-corrected chi connectivity index (χ2v) is 3.44. The monoisotopic (exact) mass is 192 g/mol. The van der Waals surface area contributed by atoms with E-state index in [-0.39, 0.29) is 6.10 Å². The summed E-state index contributed by atoms with van der Waals surface area (Å²) in [5.74, 6) is 0.0145. The van der Waals surface area contributed by atoms with Crippen LogP contribution in [0.3, 0.4) is 0 Å². The first-order valence-corrected chi connectivity index (χ1v) is 4.53.